The molecular formula is C9H9BrN4O2. The fourth-order valence-corrected chi connectivity index (χ4v) is 1.90. The number of hydrogen-bond donors (Lipinski definition) is 0. The molecule has 6 nitrogen and oxygen atoms in total. The van der Waals surface area contributed by atoms with Gasteiger partial charge in [-0.25, -0.2) is 15.1 Å². The molecule has 1 aromatic heterocycles. The van der Waals surface area contributed by atoms with Crippen molar-refractivity contribution in [1.29, 1.82) is 0 Å². The molecule has 1 aliphatic heterocycles. The molecule has 1 fully saturated rings. The van der Waals surface area contributed by atoms with Crippen LogP contribution in [0.5, 0.6) is 0 Å². The van der Waals surface area contributed by atoms with Crippen molar-refractivity contribution >= 4 is 27.5 Å². The first-order valence-corrected chi connectivity index (χ1v) is 5.57. The zero-order chi connectivity index (χ0) is 11.5. The lowest BCUT2D eigenvalue weighted by molar-refractivity contribution is -0.485. The molecule has 84 valence electrons. The summed E-state index contributed by atoms with van der Waals surface area (Å²) in [6.45, 7) is 0.746. The quantitative estimate of drug-likeness (QED) is 0.473. The third-order valence-corrected chi connectivity index (χ3v) is 2.78. The zero-order valence-corrected chi connectivity index (χ0v) is 9.92. The van der Waals surface area contributed by atoms with Crippen LogP contribution in [0, 0.1) is 10.1 Å². The van der Waals surface area contributed by atoms with E-state index in [2.05, 4.69) is 26.0 Å². The van der Waals surface area contributed by atoms with E-state index in [9.17, 15) is 10.1 Å². The summed E-state index contributed by atoms with van der Waals surface area (Å²) in [5.74, 6) is 0.495. The molecule has 0 N–H and O–H groups in total. The summed E-state index contributed by atoms with van der Waals surface area (Å²) in [6, 6.07) is 3.66. The van der Waals surface area contributed by atoms with Crippen molar-refractivity contribution < 1.29 is 5.03 Å². The number of rotatable bonds is 2. The zero-order valence-electron chi connectivity index (χ0n) is 8.34. The van der Waals surface area contributed by atoms with Crippen LogP contribution in [0.15, 0.2) is 28.0 Å². The average molecular weight is 285 g/mol. The second kappa shape index (κ2) is 4.56. The summed E-state index contributed by atoms with van der Waals surface area (Å²) in [6.07, 6.45) is 3.19. The molecule has 0 radical (unpaired) electrons. The highest BCUT2D eigenvalue weighted by Crippen LogP contribution is 2.22. The van der Waals surface area contributed by atoms with Crippen LogP contribution >= 0.6 is 15.9 Å². The van der Waals surface area contributed by atoms with Gasteiger partial charge in [-0.15, -0.1) is 0 Å². The fourth-order valence-electron chi connectivity index (χ4n) is 1.66. The van der Waals surface area contributed by atoms with Gasteiger partial charge in [-0.3, -0.25) is 0 Å². The van der Waals surface area contributed by atoms with Gasteiger partial charge in [0.1, 0.15) is 4.60 Å². The topological polar surface area (TPSA) is 71.6 Å². The third kappa shape index (κ3) is 2.35. The van der Waals surface area contributed by atoms with Crippen LogP contribution in [-0.2, 0) is 0 Å². The first-order valence-electron chi connectivity index (χ1n) is 4.78. The molecule has 1 saturated heterocycles. The molecule has 7 heteroatoms. The summed E-state index contributed by atoms with van der Waals surface area (Å²) in [7, 11) is 0. The van der Waals surface area contributed by atoms with Gasteiger partial charge in [-0.2, -0.15) is 0 Å². The number of hydrazone groups is 1. The highest BCUT2D eigenvalue weighted by atomic mass is 79.9. The van der Waals surface area contributed by atoms with Crippen LogP contribution in [-0.4, -0.2) is 22.4 Å². The van der Waals surface area contributed by atoms with Gasteiger partial charge in [0.15, 0.2) is 10.9 Å². The van der Waals surface area contributed by atoms with Gasteiger partial charge >= 0.3 is 0 Å². The van der Waals surface area contributed by atoms with E-state index in [1.54, 1.807) is 12.3 Å². The number of pyridine rings is 1. The summed E-state index contributed by atoms with van der Waals surface area (Å²) in [5, 5.41) is 13.1. The number of anilines is 1. The van der Waals surface area contributed by atoms with E-state index in [-0.39, 0.29) is 0 Å². The monoisotopic (exact) mass is 284 g/mol. The average Bonchev–Trinajstić information content (AvgIpc) is 2.66. The maximum absolute atomic E-state index is 10.4. The van der Waals surface area contributed by atoms with Gasteiger partial charge in [-0.05, 0) is 34.5 Å². The SMILES string of the molecule is O=[N+]([O-])N=C1CCCN1c1ccc(Br)nc1. The molecule has 0 aliphatic carbocycles. The second-order valence-corrected chi connectivity index (χ2v) is 4.16. The lowest BCUT2D eigenvalue weighted by Crippen LogP contribution is -2.25. The Kier molecular flexibility index (Phi) is 3.14. The smallest absolute Gasteiger partial charge is 0.192 e. The molecule has 0 spiro atoms. The van der Waals surface area contributed by atoms with E-state index < -0.39 is 5.03 Å². The number of aromatic nitrogens is 1. The molecular weight excluding hydrogens is 276 g/mol. The largest absolute Gasteiger partial charge is 0.323 e. The number of amidine groups is 1. The summed E-state index contributed by atoms with van der Waals surface area (Å²) < 4.78 is 0.739. The van der Waals surface area contributed by atoms with E-state index in [0.29, 0.717) is 12.3 Å². The fraction of sp³-hybridized carbons (Fsp3) is 0.333. The van der Waals surface area contributed by atoms with E-state index in [0.717, 1.165) is 23.3 Å². The van der Waals surface area contributed by atoms with Crippen LogP contribution in [0.2, 0.25) is 0 Å². The number of nitrogens with zero attached hydrogens (tertiary/aromatic N) is 4. The number of halogens is 1. The molecule has 0 bridgehead atoms. The van der Waals surface area contributed by atoms with Crippen molar-refractivity contribution in [2.45, 2.75) is 12.8 Å². The minimum absolute atomic E-state index is 0.495. The third-order valence-electron chi connectivity index (χ3n) is 2.31. The van der Waals surface area contributed by atoms with Gasteiger partial charge < -0.3 is 4.90 Å². The normalized spacial score (nSPS) is 18.1. The van der Waals surface area contributed by atoms with Crippen LogP contribution < -0.4 is 4.90 Å². The Balaban J connectivity index is 2.26. The molecule has 0 aromatic carbocycles. The predicted molar refractivity (Wildman–Crippen MR) is 62.9 cm³/mol. The van der Waals surface area contributed by atoms with E-state index in [1.807, 2.05) is 11.0 Å². The van der Waals surface area contributed by atoms with Crippen molar-refractivity contribution in [3.05, 3.63) is 33.0 Å². The standard InChI is InChI=1S/C9H9BrN4O2/c10-8-4-3-7(6-11-8)13-5-1-2-9(13)12-14(15)16/h3-4,6H,1-2,5H2. The van der Waals surface area contributed by atoms with E-state index in [1.165, 1.54) is 0 Å². The Bertz CT molecular complexity index is 432. The molecule has 0 amide bonds. The Morgan fingerprint density at radius 3 is 3.00 bits per heavy atom. The number of nitro groups is 1. The van der Waals surface area contributed by atoms with Crippen molar-refractivity contribution in [2.24, 2.45) is 5.10 Å². The van der Waals surface area contributed by atoms with Crippen molar-refractivity contribution in [3.63, 3.8) is 0 Å². The van der Waals surface area contributed by atoms with Crippen LogP contribution in [0.1, 0.15) is 12.8 Å². The van der Waals surface area contributed by atoms with Gasteiger partial charge in [0, 0.05) is 13.0 Å². The van der Waals surface area contributed by atoms with Crippen LogP contribution in [0.3, 0.4) is 0 Å². The molecule has 16 heavy (non-hydrogen) atoms. The van der Waals surface area contributed by atoms with Gasteiger partial charge in [0.25, 0.3) is 0 Å². The first-order chi connectivity index (χ1) is 7.66. The lowest BCUT2D eigenvalue weighted by Gasteiger charge is -2.16. The van der Waals surface area contributed by atoms with Crippen molar-refractivity contribution in [3.8, 4) is 0 Å². The lowest BCUT2D eigenvalue weighted by atomic mass is 10.4. The van der Waals surface area contributed by atoms with Crippen molar-refractivity contribution in [2.75, 3.05) is 11.4 Å². The van der Waals surface area contributed by atoms with Crippen LogP contribution in [0.25, 0.3) is 0 Å². The van der Waals surface area contributed by atoms with Crippen molar-refractivity contribution in [1.82, 2.24) is 4.98 Å². The Hall–Kier alpha value is -1.50. The maximum Gasteiger partial charge on any atom is 0.192 e. The highest BCUT2D eigenvalue weighted by Gasteiger charge is 2.23. The Morgan fingerprint density at radius 1 is 1.56 bits per heavy atom. The molecule has 1 aliphatic rings. The minimum atomic E-state index is -0.653. The van der Waals surface area contributed by atoms with E-state index >= 15 is 0 Å². The Labute approximate surface area is 100 Å². The highest BCUT2D eigenvalue weighted by molar-refractivity contribution is 9.10. The second-order valence-electron chi connectivity index (χ2n) is 3.35. The summed E-state index contributed by atoms with van der Waals surface area (Å²) >= 11 is 3.24. The summed E-state index contributed by atoms with van der Waals surface area (Å²) in [5.41, 5.74) is 0.835. The molecule has 0 atom stereocenters. The Morgan fingerprint density at radius 2 is 2.38 bits per heavy atom. The van der Waals surface area contributed by atoms with E-state index in [4.69, 9.17) is 0 Å². The molecule has 0 unspecified atom stereocenters. The van der Waals surface area contributed by atoms with Gasteiger partial charge in [0.2, 0.25) is 0 Å². The maximum atomic E-state index is 10.4. The minimum Gasteiger partial charge on any atom is -0.323 e. The van der Waals surface area contributed by atoms with Gasteiger partial charge in [0.05, 0.1) is 17.0 Å². The summed E-state index contributed by atoms with van der Waals surface area (Å²) in [4.78, 5) is 16.3. The predicted octanol–water partition coefficient (Wildman–Crippen LogP) is 2.03. The van der Waals surface area contributed by atoms with Crippen LogP contribution in [0.4, 0.5) is 5.69 Å². The van der Waals surface area contributed by atoms with Gasteiger partial charge in [-0.1, -0.05) is 0 Å². The molecule has 0 saturated carbocycles. The first kappa shape index (κ1) is 11.0. The molecule has 1 aromatic rings. The molecule has 2 heterocycles. The molecule has 2 rings (SSSR count). The number of hydrogen-bond acceptors (Lipinski definition) is 3.